The van der Waals surface area contributed by atoms with Crippen molar-refractivity contribution in [1.29, 1.82) is 0 Å². The van der Waals surface area contributed by atoms with E-state index >= 15 is 0 Å². The summed E-state index contributed by atoms with van der Waals surface area (Å²) in [6, 6.07) is 0. The van der Waals surface area contributed by atoms with Gasteiger partial charge in [0.2, 0.25) is 0 Å². The molecule has 0 aromatic rings. The molecule has 6 heteroatoms. The summed E-state index contributed by atoms with van der Waals surface area (Å²) in [5, 5.41) is 0. The quantitative estimate of drug-likeness (QED) is 0.490. The van der Waals surface area contributed by atoms with Crippen LogP contribution in [0.25, 0.3) is 0 Å². The number of hydrogen-bond donors (Lipinski definition) is 1. The van der Waals surface area contributed by atoms with Crippen molar-refractivity contribution in [3.63, 3.8) is 0 Å². The summed E-state index contributed by atoms with van der Waals surface area (Å²) in [6.07, 6.45) is 0. The second kappa shape index (κ2) is 2.61. The SMILES string of the molecule is O=[S](=O)(O)[Cd]=[Se]. The molecular formula is HCdO3SSe. The Labute approximate surface area is 50.4 Å². The molecule has 0 bridgehead atoms. The Bertz CT molecular complexity index is 121. The molecule has 0 rings (SSSR count). The first-order chi connectivity index (χ1) is 2.56. The fraction of sp³-hybridized carbons (Fsp3) is 0. The van der Waals surface area contributed by atoms with Crippen molar-refractivity contribution in [2.45, 2.75) is 0 Å². The average molecular weight is 272 g/mol. The van der Waals surface area contributed by atoms with Crippen LogP contribution in [0.15, 0.2) is 0 Å². The Hall–Kier alpha value is 1.35. The van der Waals surface area contributed by atoms with Crippen LogP contribution in [0.2, 0.25) is 0 Å². The first kappa shape index (κ1) is 7.35. The van der Waals surface area contributed by atoms with Crippen LogP contribution < -0.4 is 0 Å². The standard InChI is InChI=1S/Cd.HO3S.Se/c;1-4(2)3;/h;(H,1,2,3);. The van der Waals surface area contributed by atoms with Gasteiger partial charge in [0, 0.05) is 0 Å². The molecule has 0 unspecified atom stereocenters. The molecule has 0 aromatic heterocycles. The van der Waals surface area contributed by atoms with E-state index in [-0.39, 0.29) is 0 Å². The molecule has 0 heterocycles. The van der Waals surface area contributed by atoms with Crippen molar-refractivity contribution in [3.05, 3.63) is 0 Å². The van der Waals surface area contributed by atoms with E-state index in [1.807, 2.05) is 0 Å². The second-order valence-electron chi connectivity index (χ2n) is 0.700. The van der Waals surface area contributed by atoms with Gasteiger partial charge in [-0.1, -0.05) is 0 Å². The Morgan fingerprint density at radius 3 is 1.83 bits per heavy atom. The zero-order chi connectivity index (χ0) is 5.21. The summed E-state index contributed by atoms with van der Waals surface area (Å²) in [6.45, 7) is -3.51. The molecular weight excluding hydrogens is 271 g/mol. The van der Waals surface area contributed by atoms with E-state index in [2.05, 4.69) is 11.5 Å². The van der Waals surface area contributed by atoms with Gasteiger partial charge in [-0.05, 0) is 0 Å². The van der Waals surface area contributed by atoms with Gasteiger partial charge in [0.15, 0.2) is 0 Å². The first-order valence-corrected chi connectivity index (χ1v) is 17.4. The van der Waals surface area contributed by atoms with Crippen LogP contribution in [-0.2, 0) is 26.4 Å². The zero-order valence-corrected chi connectivity index (χ0v) is 9.35. The van der Waals surface area contributed by atoms with Crippen LogP contribution in [-0.4, -0.2) is 24.4 Å². The average Bonchev–Trinajstić information content (AvgIpc) is 1.35. The molecule has 0 saturated carbocycles. The van der Waals surface area contributed by atoms with Crippen LogP contribution in [0.4, 0.5) is 0 Å². The zero-order valence-electron chi connectivity index (χ0n) is 2.79. The summed E-state index contributed by atoms with van der Waals surface area (Å²) in [5.74, 6) is 0. The van der Waals surface area contributed by atoms with Gasteiger partial charge in [0.25, 0.3) is 0 Å². The van der Waals surface area contributed by atoms with Gasteiger partial charge in [-0.25, -0.2) is 0 Å². The van der Waals surface area contributed by atoms with Crippen molar-refractivity contribution in [3.8, 4) is 0 Å². The fourth-order valence-electron chi connectivity index (χ4n) is 0. The number of hydrogen-bond acceptors (Lipinski definition) is 2. The van der Waals surface area contributed by atoms with Crippen molar-refractivity contribution in [1.82, 2.24) is 0 Å². The van der Waals surface area contributed by atoms with E-state index in [0.717, 1.165) is 0 Å². The summed E-state index contributed by atoms with van der Waals surface area (Å²) in [7, 11) is 0. The van der Waals surface area contributed by atoms with E-state index in [4.69, 9.17) is 4.55 Å². The van der Waals surface area contributed by atoms with Gasteiger partial charge in [0.1, 0.15) is 0 Å². The molecule has 0 radical (unpaired) electrons. The Morgan fingerprint density at radius 1 is 1.67 bits per heavy atom. The fourth-order valence-corrected chi connectivity index (χ4v) is 0. The Morgan fingerprint density at radius 2 is 1.83 bits per heavy atom. The third-order valence-electron chi connectivity index (χ3n) is 0.149. The van der Waals surface area contributed by atoms with Crippen molar-refractivity contribution in [2.75, 3.05) is 0 Å². The number of rotatable bonds is 1. The van der Waals surface area contributed by atoms with Crippen molar-refractivity contribution in [2.24, 2.45) is 0 Å². The molecule has 3 nitrogen and oxygen atoms in total. The molecule has 0 aliphatic rings. The molecule has 0 saturated heterocycles. The van der Waals surface area contributed by atoms with E-state index in [1.54, 1.807) is 0 Å². The van der Waals surface area contributed by atoms with Gasteiger partial charge < -0.3 is 0 Å². The van der Waals surface area contributed by atoms with E-state index in [1.165, 1.54) is 0 Å². The van der Waals surface area contributed by atoms with Gasteiger partial charge in [-0.15, -0.1) is 0 Å². The molecule has 0 aromatic carbocycles. The molecule has 0 atom stereocenters. The maximum absolute atomic E-state index is 9.62. The topological polar surface area (TPSA) is 54.4 Å². The van der Waals surface area contributed by atoms with Gasteiger partial charge in [-0.2, -0.15) is 0 Å². The van der Waals surface area contributed by atoms with Gasteiger partial charge in [0.05, 0.1) is 0 Å². The van der Waals surface area contributed by atoms with E-state index < -0.39 is 26.4 Å². The summed E-state index contributed by atoms with van der Waals surface area (Å²) < 4.78 is 27.1. The molecule has 0 aliphatic heterocycles. The summed E-state index contributed by atoms with van der Waals surface area (Å²) in [4.78, 5) is 0. The predicted molar refractivity (Wildman–Crippen MR) is 17.3 cm³/mol. The molecule has 0 aliphatic carbocycles. The third kappa shape index (κ3) is 5.35. The minimum atomic E-state index is -3.51. The van der Waals surface area contributed by atoms with E-state index in [9.17, 15) is 8.42 Å². The van der Waals surface area contributed by atoms with Crippen LogP contribution in [0.1, 0.15) is 0 Å². The molecule has 0 fully saturated rings. The van der Waals surface area contributed by atoms with Crippen LogP contribution in [0, 0.1) is 0 Å². The summed E-state index contributed by atoms with van der Waals surface area (Å²) >= 11 is 0.488. The van der Waals surface area contributed by atoms with Gasteiger partial charge >= 0.3 is 50.8 Å². The van der Waals surface area contributed by atoms with Gasteiger partial charge in [-0.3, -0.25) is 0 Å². The minimum absolute atomic E-state index is 1.87. The normalized spacial score (nSPS) is 10.2. The molecule has 33 valence electrons. The second-order valence-corrected chi connectivity index (χ2v) is 20.3. The maximum atomic E-state index is 9.62. The Kier molecular flexibility index (Phi) is 3.20. The predicted octanol–water partition coefficient (Wildman–Crippen LogP) is -1.04. The van der Waals surface area contributed by atoms with Crippen LogP contribution >= 0.6 is 0 Å². The molecule has 6 heavy (non-hydrogen) atoms. The van der Waals surface area contributed by atoms with Crippen LogP contribution in [0.5, 0.6) is 0 Å². The van der Waals surface area contributed by atoms with Crippen molar-refractivity contribution >= 4 is 18.1 Å². The van der Waals surface area contributed by atoms with Crippen molar-refractivity contribution < 1.29 is 32.7 Å². The Balaban J connectivity index is 4.25. The summed E-state index contributed by atoms with van der Waals surface area (Å²) in [5.41, 5.74) is 0. The van der Waals surface area contributed by atoms with Crippen LogP contribution in [0.3, 0.4) is 0 Å². The molecule has 0 spiro atoms. The molecule has 0 amide bonds. The first-order valence-electron chi connectivity index (χ1n) is 1.09. The van der Waals surface area contributed by atoms with E-state index in [0.29, 0.717) is 0 Å². The monoisotopic (exact) mass is 275 g/mol. The molecule has 1 N–H and O–H groups in total. The third-order valence-corrected chi connectivity index (χ3v) is 15.6.